The SMILES string of the molecule is C=C(C)C[C@H](c1c(Br)ccc(Br)c1O)N1CCNCC1.Cl.Cl. The maximum absolute atomic E-state index is 10.4. The molecular weight excluding hydrogens is 455 g/mol. The van der Waals surface area contributed by atoms with Crippen LogP contribution in [0, 0.1) is 0 Å². The van der Waals surface area contributed by atoms with Crippen molar-refractivity contribution in [2.75, 3.05) is 26.2 Å². The fourth-order valence-electron chi connectivity index (χ4n) is 2.61. The number of nitrogens with one attached hydrogen (secondary N) is 1. The number of aromatic hydroxyl groups is 1. The van der Waals surface area contributed by atoms with E-state index in [4.69, 9.17) is 0 Å². The molecule has 0 unspecified atom stereocenters. The minimum atomic E-state index is 0. The molecule has 2 N–H and O–H groups in total. The molecule has 1 aromatic carbocycles. The molecule has 1 heterocycles. The zero-order valence-electron chi connectivity index (χ0n) is 12.4. The first kappa shape index (κ1) is 22.2. The van der Waals surface area contributed by atoms with Crippen LogP contribution in [0.4, 0.5) is 0 Å². The molecule has 3 nitrogen and oxygen atoms in total. The number of hydrogen-bond donors (Lipinski definition) is 2. The summed E-state index contributed by atoms with van der Waals surface area (Å²) in [7, 11) is 0. The number of phenols is 1. The van der Waals surface area contributed by atoms with Gasteiger partial charge in [-0.1, -0.05) is 21.5 Å². The highest BCUT2D eigenvalue weighted by Gasteiger charge is 2.27. The molecule has 1 aliphatic heterocycles. The first-order valence-corrected chi connectivity index (χ1v) is 8.35. The van der Waals surface area contributed by atoms with Crippen molar-refractivity contribution < 1.29 is 5.11 Å². The Kier molecular flexibility index (Phi) is 10.3. The molecule has 2 rings (SSSR count). The van der Waals surface area contributed by atoms with E-state index in [1.54, 1.807) is 0 Å². The fraction of sp³-hybridized carbons (Fsp3) is 0.467. The molecule has 1 aromatic rings. The van der Waals surface area contributed by atoms with Crippen LogP contribution in [0.2, 0.25) is 0 Å². The van der Waals surface area contributed by atoms with Crippen LogP contribution in [-0.4, -0.2) is 36.2 Å². The third kappa shape index (κ3) is 5.39. The van der Waals surface area contributed by atoms with E-state index in [1.165, 1.54) is 0 Å². The minimum Gasteiger partial charge on any atom is -0.506 e. The van der Waals surface area contributed by atoms with E-state index in [1.807, 2.05) is 19.1 Å². The second-order valence-corrected chi connectivity index (χ2v) is 6.96. The Morgan fingerprint density at radius 2 is 1.82 bits per heavy atom. The van der Waals surface area contributed by atoms with Crippen molar-refractivity contribution in [1.29, 1.82) is 0 Å². The number of hydrogen-bond acceptors (Lipinski definition) is 3. The van der Waals surface area contributed by atoms with Crippen LogP contribution >= 0.6 is 56.7 Å². The van der Waals surface area contributed by atoms with E-state index in [2.05, 4.69) is 48.7 Å². The van der Waals surface area contributed by atoms with Gasteiger partial charge in [0.1, 0.15) is 5.75 Å². The third-order valence-electron chi connectivity index (χ3n) is 3.58. The number of phenolic OH excluding ortho intramolecular Hbond substituents is 1. The Hall–Kier alpha value is 0.220. The Labute approximate surface area is 161 Å². The van der Waals surface area contributed by atoms with Crippen molar-refractivity contribution in [2.24, 2.45) is 0 Å². The summed E-state index contributed by atoms with van der Waals surface area (Å²) in [4.78, 5) is 2.41. The number of piperazine rings is 1. The van der Waals surface area contributed by atoms with E-state index in [0.29, 0.717) is 5.75 Å². The number of rotatable bonds is 4. The summed E-state index contributed by atoms with van der Waals surface area (Å²) in [6.07, 6.45) is 0.850. The average molecular weight is 477 g/mol. The van der Waals surface area contributed by atoms with Gasteiger partial charge in [0.05, 0.1) is 4.47 Å². The van der Waals surface area contributed by atoms with Crippen LogP contribution in [0.15, 0.2) is 33.2 Å². The molecule has 0 amide bonds. The summed E-state index contributed by atoms with van der Waals surface area (Å²) in [6, 6.07) is 3.99. The lowest BCUT2D eigenvalue weighted by Gasteiger charge is -2.36. The Morgan fingerprint density at radius 1 is 1.27 bits per heavy atom. The topological polar surface area (TPSA) is 35.5 Å². The van der Waals surface area contributed by atoms with E-state index < -0.39 is 0 Å². The highest BCUT2D eigenvalue weighted by atomic mass is 79.9. The highest BCUT2D eigenvalue weighted by Crippen LogP contribution is 2.41. The lowest BCUT2D eigenvalue weighted by atomic mass is 9.97. The van der Waals surface area contributed by atoms with Gasteiger partial charge < -0.3 is 10.4 Å². The molecule has 1 atom stereocenters. The van der Waals surface area contributed by atoms with Crippen molar-refractivity contribution >= 4 is 56.7 Å². The van der Waals surface area contributed by atoms with E-state index in [0.717, 1.165) is 52.7 Å². The van der Waals surface area contributed by atoms with Crippen LogP contribution in [-0.2, 0) is 0 Å². The standard InChI is InChI=1S/C15H20Br2N2O.2ClH/c1-10(2)9-13(19-7-5-18-6-8-19)14-11(16)3-4-12(17)15(14)20;;/h3-4,13,18,20H,1,5-9H2,2H3;2*1H/t13-;;/m1../s1. The summed E-state index contributed by atoms with van der Waals surface area (Å²) in [5, 5.41) is 13.8. The number of halogens is 4. The Morgan fingerprint density at radius 3 is 2.36 bits per heavy atom. The van der Waals surface area contributed by atoms with Crippen LogP contribution in [0.25, 0.3) is 0 Å². The lowest BCUT2D eigenvalue weighted by Crippen LogP contribution is -2.45. The summed E-state index contributed by atoms with van der Waals surface area (Å²) in [5.74, 6) is 0.323. The van der Waals surface area contributed by atoms with Crippen molar-refractivity contribution in [3.63, 3.8) is 0 Å². The van der Waals surface area contributed by atoms with Gasteiger partial charge in [-0.2, -0.15) is 0 Å². The monoisotopic (exact) mass is 474 g/mol. The molecule has 0 aliphatic carbocycles. The third-order valence-corrected chi connectivity index (χ3v) is 4.91. The molecule has 0 bridgehead atoms. The van der Waals surface area contributed by atoms with Gasteiger partial charge in [0.15, 0.2) is 0 Å². The summed E-state index contributed by atoms with van der Waals surface area (Å²) in [5.41, 5.74) is 2.07. The van der Waals surface area contributed by atoms with Crippen LogP contribution in [0.1, 0.15) is 24.9 Å². The predicted octanol–water partition coefficient (Wildman–Crippen LogP) is 4.67. The van der Waals surface area contributed by atoms with Crippen LogP contribution in [0.5, 0.6) is 5.75 Å². The van der Waals surface area contributed by atoms with Crippen molar-refractivity contribution in [1.82, 2.24) is 10.2 Å². The van der Waals surface area contributed by atoms with Crippen LogP contribution in [0.3, 0.4) is 0 Å². The molecule has 7 heteroatoms. The molecule has 0 spiro atoms. The summed E-state index contributed by atoms with van der Waals surface area (Å²) in [6.45, 7) is 10.0. The van der Waals surface area contributed by atoms with E-state index in [-0.39, 0.29) is 30.9 Å². The normalized spacial score (nSPS) is 16.3. The zero-order chi connectivity index (χ0) is 14.7. The Bertz CT molecular complexity index is 509. The van der Waals surface area contributed by atoms with Gasteiger partial charge in [0, 0.05) is 42.3 Å². The van der Waals surface area contributed by atoms with Crippen molar-refractivity contribution in [2.45, 2.75) is 19.4 Å². The Balaban J connectivity index is 0.00000220. The van der Waals surface area contributed by atoms with Gasteiger partial charge in [0.25, 0.3) is 0 Å². The molecule has 0 aromatic heterocycles. The molecule has 22 heavy (non-hydrogen) atoms. The first-order chi connectivity index (χ1) is 9.50. The van der Waals surface area contributed by atoms with E-state index in [9.17, 15) is 5.11 Å². The first-order valence-electron chi connectivity index (χ1n) is 6.76. The quantitative estimate of drug-likeness (QED) is 0.620. The average Bonchev–Trinajstić information content (AvgIpc) is 2.43. The predicted molar refractivity (Wildman–Crippen MR) is 105 cm³/mol. The fourth-order valence-corrected chi connectivity index (χ4v) is 3.54. The maximum Gasteiger partial charge on any atom is 0.135 e. The maximum atomic E-state index is 10.4. The molecule has 0 radical (unpaired) electrons. The lowest BCUT2D eigenvalue weighted by molar-refractivity contribution is 0.169. The van der Waals surface area contributed by atoms with Gasteiger partial charge in [-0.15, -0.1) is 31.4 Å². The molecular formula is C15H22Br2Cl2N2O. The zero-order valence-corrected chi connectivity index (χ0v) is 17.2. The second-order valence-electron chi connectivity index (χ2n) is 5.25. The van der Waals surface area contributed by atoms with Gasteiger partial charge in [0.2, 0.25) is 0 Å². The molecule has 1 fully saturated rings. The second kappa shape index (κ2) is 10.2. The largest absolute Gasteiger partial charge is 0.506 e. The molecule has 1 aliphatic rings. The van der Waals surface area contributed by atoms with Crippen LogP contribution < -0.4 is 5.32 Å². The van der Waals surface area contributed by atoms with Crippen molar-refractivity contribution in [3.05, 3.63) is 38.8 Å². The summed E-state index contributed by atoms with van der Waals surface area (Å²) < 4.78 is 1.68. The molecule has 1 saturated heterocycles. The van der Waals surface area contributed by atoms with Crippen molar-refractivity contribution in [3.8, 4) is 5.75 Å². The van der Waals surface area contributed by atoms with E-state index >= 15 is 0 Å². The number of nitrogens with zero attached hydrogens (tertiary/aromatic N) is 1. The number of benzene rings is 1. The molecule has 126 valence electrons. The highest BCUT2D eigenvalue weighted by molar-refractivity contribution is 9.11. The molecule has 0 saturated carbocycles. The van der Waals surface area contributed by atoms with Gasteiger partial charge in [-0.3, -0.25) is 4.90 Å². The smallest absolute Gasteiger partial charge is 0.135 e. The van der Waals surface area contributed by atoms with Gasteiger partial charge >= 0.3 is 0 Å². The summed E-state index contributed by atoms with van der Waals surface area (Å²) >= 11 is 7.00. The van der Waals surface area contributed by atoms with Gasteiger partial charge in [-0.05, 0) is 41.4 Å². The minimum absolute atomic E-state index is 0. The van der Waals surface area contributed by atoms with Gasteiger partial charge in [-0.25, -0.2) is 0 Å².